The lowest BCUT2D eigenvalue weighted by atomic mass is 10.0. The van der Waals surface area contributed by atoms with Gasteiger partial charge in [0.15, 0.2) is 16.7 Å². The highest BCUT2D eigenvalue weighted by Gasteiger charge is 2.27. The Morgan fingerprint density at radius 2 is 1.81 bits per heavy atom. The average Bonchev–Trinajstić information content (AvgIpc) is 3.22. The molecule has 1 atom stereocenters. The first kappa shape index (κ1) is 26.1. The fourth-order valence-corrected chi connectivity index (χ4v) is 5.16. The monoisotopic (exact) mass is 534 g/mol. The molecule has 5 nitrogen and oxygen atoms in total. The van der Waals surface area contributed by atoms with Crippen molar-refractivity contribution in [3.63, 3.8) is 0 Å². The van der Waals surface area contributed by atoms with Crippen molar-refractivity contribution in [3.8, 4) is 11.4 Å². The lowest BCUT2D eigenvalue weighted by Crippen LogP contribution is -2.11. The highest BCUT2D eigenvalue weighted by molar-refractivity contribution is 7.98. The summed E-state index contributed by atoms with van der Waals surface area (Å²) >= 11 is 7.36. The first-order valence-corrected chi connectivity index (χ1v) is 12.3. The molecule has 0 aliphatic rings. The van der Waals surface area contributed by atoms with E-state index in [0.29, 0.717) is 27.8 Å². The number of imidazole rings is 1. The standard InChI is InChI=1S/C26H22ClF3N2O3S/c1-35-23-13-15(5-10-21(23)30)25(34)24-22(11-12-33)31-26(32(24)17-8-6-16(28)7-9-17)36-14-18-19(27)3-2-4-20(18)29/h2-10,13,25,33-34H,11-12,14H2,1H3. The Labute approximate surface area is 215 Å². The van der Waals surface area contributed by atoms with Crippen LogP contribution in [0.25, 0.3) is 5.69 Å². The van der Waals surface area contributed by atoms with Gasteiger partial charge in [-0.2, -0.15) is 0 Å². The summed E-state index contributed by atoms with van der Waals surface area (Å²) in [5.41, 5.74) is 1.76. The number of nitrogens with zero attached hydrogens (tertiary/aromatic N) is 2. The van der Waals surface area contributed by atoms with E-state index in [1.54, 1.807) is 10.6 Å². The van der Waals surface area contributed by atoms with E-state index in [1.807, 2.05) is 0 Å². The van der Waals surface area contributed by atoms with Crippen molar-refractivity contribution < 1.29 is 28.1 Å². The Morgan fingerprint density at radius 1 is 1.06 bits per heavy atom. The number of methoxy groups -OCH3 is 1. The van der Waals surface area contributed by atoms with Crippen molar-refractivity contribution in [2.75, 3.05) is 13.7 Å². The summed E-state index contributed by atoms with van der Waals surface area (Å²) in [6, 6.07) is 13.9. The predicted molar refractivity (Wildman–Crippen MR) is 132 cm³/mol. The molecule has 1 unspecified atom stereocenters. The lowest BCUT2D eigenvalue weighted by Gasteiger charge is -2.18. The zero-order chi connectivity index (χ0) is 25.8. The molecule has 3 aromatic carbocycles. The molecule has 0 aliphatic carbocycles. The van der Waals surface area contributed by atoms with Gasteiger partial charge in [0.2, 0.25) is 0 Å². The Balaban J connectivity index is 1.85. The number of benzene rings is 3. The zero-order valence-electron chi connectivity index (χ0n) is 19.1. The second kappa shape index (κ2) is 11.4. The molecule has 2 N–H and O–H groups in total. The molecule has 0 saturated heterocycles. The molecule has 0 radical (unpaired) electrons. The van der Waals surface area contributed by atoms with Gasteiger partial charge >= 0.3 is 0 Å². The van der Waals surface area contributed by atoms with E-state index in [9.17, 15) is 23.4 Å². The molecule has 4 aromatic rings. The van der Waals surface area contributed by atoms with Crippen molar-refractivity contribution in [1.29, 1.82) is 0 Å². The molecule has 0 spiro atoms. The second-order valence-corrected chi connectivity index (χ2v) is 9.15. The molecule has 36 heavy (non-hydrogen) atoms. The maximum Gasteiger partial charge on any atom is 0.173 e. The predicted octanol–water partition coefficient (Wildman–Crippen LogP) is 5.86. The summed E-state index contributed by atoms with van der Waals surface area (Å²) in [6.45, 7) is -0.254. The second-order valence-electron chi connectivity index (χ2n) is 7.80. The number of hydrogen-bond acceptors (Lipinski definition) is 5. The largest absolute Gasteiger partial charge is 0.494 e. The molecule has 0 aliphatic heterocycles. The molecule has 0 fully saturated rings. The average molecular weight is 535 g/mol. The minimum atomic E-state index is -1.30. The number of aromatic nitrogens is 2. The van der Waals surface area contributed by atoms with Crippen LogP contribution in [0.1, 0.15) is 28.6 Å². The fourth-order valence-electron chi connectivity index (χ4n) is 3.77. The van der Waals surface area contributed by atoms with E-state index in [-0.39, 0.29) is 35.1 Å². The van der Waals surface area contributed by atoms with E-state index in [2.05, 4.69) is 4.98 Å². The van der Waals surface area contributed by atoms with Gasteiger partial charge in [0.25, 0.3) is 0 Å². The van der Waals surface area contributed by atoms with Crippen LogP contribution >= 0.6 is 23.4 Å². The smallest absolute Gasteiger partial charge is 0.173 e. The molecular formula is C26H22ClF3N2O3S. The van der Waals surface area contributed by atoms with Crippen LogP contribution in [0.4, 0.5) is 13.2 Å². The summed E-state index contributed by atoms with van der Waals surface area (Å²) in [6.07, 6.45) is -1.20. The van der Waals surface area contributed by atoms with E-state index < -0.39 is 23.6 Å². The summed E-state index contributed by atoms with van der Waals surface area (Å²) in [7, 11) is 1.32. The van der Waals surface area contributed by atoms with E-state index >= 15 is 0 Å². The number of ether oxygens (including phenoxy) is 1. The maximum absolute atomic E-state index is 14.4. The Bertz CT molecular complexity index is 1350. The Morgan fingerprint density at radius 3 is 2.47 bits per heavy atom. The van der Waals surface area contributed by atoms with Crippen LogP contribution in [0.15, 0.2) is 65.8 Å². The first-order valence-electron chi connectivity index (χ1n) is 10.9. The SMILES string of the molecule is COc1cc(C(O)c2c(CCO)nc(SCc3c(F)cccc3Cl)n2-c2ccc(F)cc2)ccc1F. The van der Waals surface area contributed by atoms with Crippen molar-refractivity contribution in [1.82, 2.24) is 9.55 Å². The number of halogens is 4. The minimum absolute atomic E-state index is 0.0492. The lowest BCUT2D eigenvalue weighted by molar-refractivity contribution is 0.209. The number of aliphatic hydroxyl groups is 2. The zero-order valence-corrected chi connectivity index (χ0v) is 20.7. The number of rotatable bonds is 9. The third kappa shape index (κ3) is 5.39. The van der Waals surface area contributed by atoms with Crippen molar-refractivity contribution in [2.24, 2.45) is 0 Å². The topological polar surface area (TPSA) is 67.5 Å². The molecule has 188 valence electrons. The van der Waals surface area contributed by atoms with Gasteiger partial charge in [0, 0.05) is 35.1 Å². The number of hydrogen-bond donors (Lipinski definition) is 2. The van der Waals surface area contributed by atoms with Crippen LogP contribution in [-0.2, 0) is 12.2 Å². The van der Waals surface area contributed by atoms with Gasteiger partial charge in [-0.3, -0.25) is 4.57 Å². The summed E-state index contributed by atoms with van der Waals surface area (Å²) in [4.78, 5) is 4.62. The van der Waals surface area contributed by atoms with Crippen LogP contribution in [0.3, 0.4) is 0 Å². The van der Waals surface area contributed by atoms with Crippen molar-refractivity contribution in [3.05, 3.63) is 106 Å². The number of aliphatic hydroxyl groups excluding tert-OH is 2. The van der Waals surface area contributed by atoms with Crippen LogP contribution in [-0.4, -0.2) is 33.5 Å². The van der Waals surface area contributed by atoms with Gasteiger partial charge in [0.1, 0.15) is 17.7 Å². The third-order valence-corrected chi connectivity index (χ3v) is 6.87. The minimum Gasteiger partial charge on any atom is -0.494 e. The van der Waals surface area contributed by atoms with Gasteiger partial charge in [-0.25, -0.2) is 18.2 Å². The normalized spacial score (nSPS) is 12.1. The van der Waals surface area contributed by atoms with Crippen molar-refractivity contribution >= 4 is 23.4 Å². The third-order valence-electron chi connectivity index (χ3n) is 5.55. The quantitative estimate of drug-likeness (QED) is 0.263. The molecule has 1 aromatic heterocycles. The van der Waals surface area contributed by atoms with Crippen LogP contribution in [0.5, 0.6) is 5.75 Å². The van der Waals surface area contributed by atoms with Crippen molar-refractivity contribution in [2.45, 2.75) is 23.4 Å². The molecule has 4 rings (SSSR count). The van der Waals surface area contributed by atoms with E-state index in [0.717, 1.165) is 0 Å². The van der Waals surface area contributed by atoms with Gasteiger partial charge in [-0.1, -0.05) is 35.5 Å². The molecule has 0 bridgehead atoms. The molecule has 1 heterocycles. The van der Waals surface area contributed by atoms with Crippen LogP contribution in [0.2, 0.25) is 5.02 Å². The fraction of sp³-hybridized carbons (Fsp3) is 0.192. The maximum atomic E-state index is 14.4. The summed E-state index contributed by atoms with van der Waals surface area (Å²) < 4.78 is 48.8. The Kier molecular flexibility index (Phi) is 8.25. The van der Waals surface area contributed by atoms with Crippen LogP contribution < -0.4 is 4.74 Å². The molecular weight excluding hydrogens is 513 g/mol. The highest BCUT2D eigenvalue weighted by Crippen LogP contribution is 2.36. The highest BCUT2D eigenvalue weighted by atomic mass is 35.5. The first-order chi connectivity index (χ1) is 17.3. The van der Waals surface area contributed by atoms with Gasteiger partial charge < -0.3 is 14.9 Å². The summed E-state index contributed by atoms with van der Waals surface area (Å²) in [5.74, 6) is -1.43. The molecule has 0 saturated carbocycles. The van der Waals surface area contributed by atoms with Gasteiger partial charge in [-0.15, -0.1) is 0 Å². The van der Waals surface area contributed by atoms with Crippen LogP contribution in [0, 0.1) is 17.5 Å². The van der Waals surface area contributed by atoms with Gasteiger partial charge in [0.05, 0.1) is 18.5 Å². The molecule has 10 heteroatoms. The number of thioether (sulfide) groups is 1. The van der Waals surface area contributed by atoms with Gasteiger partial charge in [-0.05, 0) is 54.1 Å². The Hall–Kier alpha value is -2.98. The van der Waals surface area contributed by atoms with E-state index in [4.69, 9.17) is 16.3 Å². The molecule has 0 amide bonds. The van der Waals surface area contributed by atoms with E-state index in [1.165, 1.54) is 73.5 Å². The summed E-state index contributed by atoms with van der Waals surface area (Å²) in [5, 5.41) is 21.7.